The van der Waals surface area contributed by atoms with Crippen LogP contribution in [0.25, 0.3) is 10.9 Å². The molecule has 4 aromatic rings. The molecule has 0 aliphatic carbocycles. The largest absolute Gasteiger partial charge is 0.465 e. The van der Waals surface area contributed by atoms with Crippen LogP contribution in [0.5, 0.6) is 0 Å². The molecule has 7 nitrogen and oxygen atoms in total. The zero-order chi connectivity index (χ0) is 21.1. The molecule has 2 heterocycles. The fourth-order valence-electron chi connectivity index (χ4n) is 3.20. The number of sulfonamides is 1. The van der Waals surface area contributed by atoms with E-state index >= 15 is 0 Å². The molecule has 0 amide bonds. The van der Waals surface area contributed by atoms with Crippen LogP contribution in [-0.2, 0) is 23.1 Å². The Labute approximate surface area is 175 Å². The summed E-state index contributed by atoms with van der Waals surface area (Å²) in [5.41, 5.74) is 2.58. The predicted molar refractivity (Wildman–Crippen MR) is 118 cm³/mol. The Balaban J connectivity index is 1.49. The molecule has 0 spiro atoms. The molecule has 4 rings (SSSR count). The molecule has 0 aliphatic rings. The van der Waals surface area contributed by atoms with Gasteiger partial charge in [0.15, 0.2) is 0 Å². The third kappa shape index (κ3) is 4.61. The summed E-state index contributed by atoms with van der Waals surface area (Å²) < 4.78 is 28.7. The Bertz CT molecular complexity index is 1300. The smallest absolute Gasteiger partial charge is 0.238 e. The molecule has 0 saturated carbocycles. The summed E-state index contributed by atoms with van der Waals surface area (Å²) in [4.78, 5) is 4.77. The van der Waals surface area contributed by atoms with Crippen molar-refractivity contribution in [3.63, 3.8) is 0 Å². The first kappa shape index (κ1) is 19.9. The fraction of sp³-hybridized carbons (Fsp3) is 0.136. The van der Waals surface area contributed by atoms with E-state index in [0.717, 1.165) is 39.5 Å². The molecule has 0 saturated heterocycles. The minimum atomic E-state index is -3.72. The fourth-order valence-corrected chi connectivity index (χ4v) is 3.78. The molecule has 154 valence electrons. The number of nitrogens with two attached hydrogens (primary N) is 1. The number of anilines is 2. The average Bonchev–Trinajstić information content (AvgIpc) is 3.15. The van der Waals surface area contributed by atoms with E-state index in [1.165, 1.54) is 6.07 Å². The summed E-state index contributed by atoms with van der Waals surface area (Å²) in [5, 5.41) is 12.8. The molecular formula is C22H22N4O3S. The number of nitrogens with zero attached hydrogens (tertiary/aromatic N) is 1. The van der Waals surface area contributed by atoms with E-state index in [0.29, 0.717) is 13.1 Å². The average molecular weight is 423 g/mol. The predicted octanol–water partition coefficient (Wildman–Crippen LogP) is 4.01. The number of rotatable bonds is 7. The second-order valence-corrected chi connectivity index (χ2v) is 8.54. The van der Waals surface area contributed by atoms with Crippen LogP contribution < -0.4 is 15.8 Å². The van der Waals surface area contributed by atoms with E-state index < -0.39 is 10.0 Å². The van der Waals surface area contributed by atoms with Gasteiger partial charge in [-0.3, -0.25) is 0 Å². The summed E-state index contributed by atoms with van der Waals surface area (Å²) in [6, 6.07) is 20.2. The Kier molecular flexibility index (Phi) is 5.43. The van der Waals surface area contributed by atoms with E-state index in [1.807, 2.05) is 55.5 Å². The number of furan rings is 1. The van der Waals surface area contributed by atoms with E-state index in [4.69, 9.17) is 9.56 Å². The highest BCUT2D eigenvalue weighted by atomic mass is 32.2. The first-order valence-electron chi connectivity index (χ1n) is 9.43. The minimum absolute atomic E-state index is 0.101. The lowest BCUT2D eigenvalue weighted by atomic mass is 10.1. The monoisotopic (exact) mass is 422 g/mol. The van der Waals surface area contributed by atoms with E-state index in [2.05, 4.69) is 15.6 Å². The van der Waals surface area contributed by atoms with Gasteiger partial charge in [-0.15, -0.1) is 0 Å². The highest BCUT2D eigenvalue weighted by Crippen LogP contribution is 2.25. The lowest BCUT2D eigenvalue weighted by molar-refractivity contribution is 0.490. The summed E-state index contributed by atoms with van der Waals surface area (Å²) in [5.74, 6) is 2.49. The Morgan fingerprint density at radius 2 is 1.80 bits per heavy atom. The van der Waals surface area contributed by atoms with E-state index in [1.54, 1.807) is 12.1 Å². The van der Waals surface area contributed by atoms with Gasteiger partial charge < -0.3 is 15.1 Å². The zero-order valence-corrected chi connectivity index (χ0v) is 17.2. The van der Waals surface area contributed by atoms with Crippen LogP contribution in [-0.4, -0.2) is 13.4 Å². The van der Waals surface area contributed by atoms with Gasteiger partial charge in [0.2, 0.25) is 10.0 Å². The molecule has 30 heavy (non-hydrogen) atoms. The molecule has 2 aromatic carbocycles. The highest BCUT2D eigenvalue weighted by Gasteiger charge is 2.09. The zero-order valence-electron chi connectivity index (χ0n) is 16.4. The van der Waals surface area contributed by atoms with Crippen LogP contribution in [0.15, 0.2) is 76.0 Å². The van der Waals surface area contributed by atoms with Crippen molar-refractivity contribution in [1.29, 1.82) is 0 Å². The molecule has 4 N–H and O–H groups in total. The SMILES string of the molecule is Cc1ccc(CNc2ccc3c(NCc4cccc(S(N)(=O)=O)c4)cccc3n2)o1. The van der Waals surface area contributed by atoms with Gasteiger partial charge in [0, 0.05) is 17.6 Å². The van der Waals surface area contributed by atoms with Gasteiger partial charge in [0.25, 0.3) is 0 Å². The number of hydrogen-bond donors (Lipinski definition) is 3. The number of aryl methyl sites for hydroxylation is 1. The quantitative estimate of drug-likeness (QED) is 0.415. The normalized spacial score (nSPS) is 11.5. The number of benzene rings is 2. The third-order valence-electron chi connectivity index (χ3n) is 4.68. The van der Waals surface area contributed by atoms with Crippen LogP contribution in [0, 0.1) is 6.92 Å². The molecule has 0 atom stereocenters. The van der Waals surface area contributed by atoms with Crippen molar-refractivity contribution in [3.8, 4) is 0 Å². The lowest BCUT2D eigenvalue weighted by Crippen LogP contribution is -2.12. The lowest BCUT2D eigenvalue weighted by Gasteiger charge is -2.11. The topological polar surface area (TPSA) is 110 Å². The second-order valence-electron chi connectivity index (χ2n) is 6.98. The molecule has 8 heteroatoms. The summed E-state index contributed by atoms with van der Waals surface area (Å²) in [6.45, 7) is 2.93. The highest BCUT2D eigenvalue weighted by molar-refractivity contribution is 7.89. The summed E-state index contributed by atoms with van der Waals surface area (Å²) in [7, 11) is -3.72. The summed E-state index contributed by atoms with van der Waals surface area (Å²) in [6.07, 6.45) is 0. The van der Waals surface area contributed by atoms with Gasteiger partial charge in [-0.25, -0.2) is 18.5 Å². The number of fused-ring (bicyclic) bond motifs is 1. The third-order valence-corrected chi connectivity index (χ3v) is 5.59. The number of nitrogens with one attached hydrogen (secondary N) is 2. The van der Waals surface area contributed by atoms with Crippen molar-refractivity contribution in [3.05, 3.63) is 83.8 Å². The number of aromatic nitrogens is 1. The van der Waals surface area contributed by atoms with Crippen molar-refractivity contribution in [2.45, 2.75) is 24.9 Å². The maximum Gasteiger partial charge on any atom is 0.238 e. The number of hydrogen-bond acceptors (Lipinski definition) is 6. The van der Waals surface area contributed by atoms with Gasteiger partial charge in [-0.05, 0) is 61.0 Å². The molecule has 0 aliphatic heterocycles. The number of pyridine rings is 1. The van der Waals surface area contributed by atoms with Crippen LogP contribution >= 0.6 is 0 Å². The standard InChI is InChI=1S/C22H22N4O3S/c1-15-8-9-17(29-15)14-25-22-11-10-19-20(6-3-7-21(19)26-22)24-13-16-4-2-5-18(12-16)30(23,27)28/h2-12,24H,13-14H2,1H3,(H,25,26)(H2,23,27,28). The van der Waals surface area contributed by atoms with Gasteiger partial charge in [-0.1, -0.05) is 18.2 Å². The molecular weight excluding hydrogens is 400 g/mol. The van der Waals surface area contributed by atoms with Gasteiger partial charge in [-0.2, -0.15) is 0 Å². The van der Waals surface area contributed by atoms with Crippen LogP contribution in [0.4, 0.5) is 11.5 Å². The maximum absolute atomic E-state index is 11.5. The molecule has 2 aromatic heterocycles. The summed E-state index contributed by atoms with van der Waals surface area (Å²) >= 11 is 0. The first-order valence-corrected chi connectivity index (χ1v) is 11.0. The van der Waals surface area contributed by atoms with Crippen molar-refractivity contribution in [1.82, 2.24) is 4.98 Å². The first-order chi connectivity index (χ1) is 14.4. The molecule has 0 bridgehead atoms. The van der Waals surface area contributed by atoms with Crippen molar-refractivity contribution < 1.29 is 12.8 Å². The van der Waals surface area contributed by atoms with Gasteiger partial charge >= 0.3 is 0 Å². The van der Waals surface area contributed by atoms with Crippen molar-refractivity contribution >= 4 is 32.4 Å². The van der Waals surface area contributed by atoms with Crippen LogP contribution in [0.3, 0.4) is 0 Å². The van der Waals surface area contributed by atoms with Gasteiger partial charge in [0.1, 0.15) is 17.3 Å². The van der Waals surface area contributed by atoms with Crippen molar-refractivity contribution in [2.24, 2.45) is 5.14 Å². The van der Waals surface area contributed by atoms with E-state index in [9.17, 15) is 8.42 Å². The second kappa shape index (κ2) is 8.17. The van der Waals surface area contributed by atoms with E-state index in [-0.39, 0.29) is 4.90 Å². The molecule has 0 unspecified atom stereocenters. The van der Waals surface area contributed by atoms with Crippen molar-refractivity contribution in [2.75, 3.05) is 10.6 Å². The Hall–Kier alpha value is -3.36. The number of primary sulfonamides is 1. The van der Waals surface area contributed by atoms with Crippen LogP contribution in [0.2, 0.25) is 0 Å². The molecule has 0 fully saturated rings. The Morgan fingerprint density at radius 1 is 0.967 bits per heavy atom. The van der Waals surface area contributed by atoms with Gasteiger partial charge in [0.05, 0.1) is 17.0 Å². The molecule has 0 radical (unpaired) electrons. The minimum Gasteiger partial charge on any atom is -0.465 e. The maximum atomic E-state index is 11.5. The van der Waals surface area contributed by atoms with Crippen LogP contribution in [0.1, 0.15) is 17.1 Å². The Morgan fingerprint density at radius 3 is 2.57 bits per heavy atom.